The first-order valence-corrected chi connectivity index (χ1v) is 28.6. The predicted molar refractivity (Wildman–Crippen MR) is 338 cm³/mol. The highest BCUT2D eigenvalue weighted by atomic mass is 16.6. The highest BCUT2D eigenvalue weighted by Gasteiger charge is 2.24. The van der Waals surface area contributed by atoms with Gasteiger partial charge in [0.15, 0.2) is 0 Å². The fourth-order valence-electron chi connectivity index (χ4n) is 9.14. The summed E-state index contributed by atoms with van der Waals surface area (Å²) in [6.45, 7) is 7.63. The molecule has 18 nitrogen and oxygen atoms in total. The first-order chi connectivity index (χ1) is 44.8. The maximum Gasteiger partial charge on any atom is 0.343 e. The van der Waals surface area contributed by atoms with E-state index >= 15 is 0 Å². The Morgan fingerprint density at radius 2 is 0.543 bits per heavy atom. The van der Waals surface area contributed by atoms with Crippen molar-refractivity contribution in [3.05, 3.63) is 277 Å². The minimum Gasteiger partial charge on any atom is -0.493 e. The second kappa shape index (κ2) is 30.0. The Morgan fingerprint density at radius 1 is 0.283 bits per heavy atom. The van der Waals surface area contributed by atoms with Crippen LogP contribution in [0.4, 0.5) is 0 Å². The number of carbonyl (C=O) groups excluding carboxylic acids is 8. The average molecular weight is 1230 g/mol. The van der Waals surface area contributed by atoms with E-state index in [2.05, 4.69) is 13.2 Å². The van der Waals surface area contributed by atoms with E-state index in [4.69, 9.17) is 47.4 Å². The normalized spacial score (nSPS) is 10.7. The third-order valence-corrected chi connectivity index (χ3v) is 13.8. The molecule has 0 amide bonds. The molecule has 0 bridgehead atoms. The van der Waals surface area contributed by atoms with Crippen LogP contribution in [0.1, 0.15) is 75.0 Å². The average Bonchev–Trinajstić information content (AvgIpc) is 0.758. The molecule has 0 spiro atoms. The quantitative estimate of drug-likeness (QED) is 0.0224. The number of ether oxygens (including phenoxy) is 10. The fourth-order valence-corrected chi connectivity index (χ4v) is 9.14. The van der Waals surface area contributed by atoms with Crippen LogP contribution in [0.3, 0.4) is 0 Å². The maximum atomic E-state index is 14.1. The fraction of sp³-hybridized carbons (Fsp3) is 0.0811. The van der Waals surface area contributed by atoms with Crippen molar-refractivity contribution in [3.8, 4) is 57.1 Å². The standard InChI is InChI=1S/C74H54O18/c1-3-65(75)85-45-9-43-83-55-29-15-49(16-30-55)69(77)87-57-33-19-51(20-34-57)71(79)89-59-37-23-53(24-38-59)73(81)91-63-41-27-47-11-5-7-13-61(47)67(63)68-62-14-8-6-12-48(62)28-42-64(68)92-74(82)54-25-39-60(40-26-54)90-72(80)52-21-35-58(36-22-52)88-70(78)50-17-31-56(32-18-50)84-44-10-46-86-66(76)4-2/h3-8,11-42H,1-2,9-10,43-46H2. The van der Waals surface area contributed by atoms with Crippen LogP contribution in [0.25, 0.3) is 32.7 Å². The molecule has 0 heterocycles. The van der Waals surface area contributed by atoms with Gasteiger partial charge in [0.05, 0.1) is 59.8 Å². The highest BCUT2D eigenvalue weighted by Crippen LogP contribution is 2.46. The van der Waals surface area contributed by atoms with E-state index in [9.17, 15) is 38.4 Å². The Kier molecular flexibility index (Phi) is 20.4. The Hall–Kier alpha value is -12.4. The van der Waals surface area contributed by atoms with Crippen LogP contribution in [-0.2, 0) is 19.1 Å². The third-order valence-electron chi connectivity index (χ3n) is 13.8. The molecule has 0 N–H and O–H groups in total. The van der Waals surface area contributed by atoms with Gasteiger partial charge in [-0.05, 0) is 179 Å². The summed E-state index contributed by atoms with van der Waals surface area (Å²) in [5.74, 6) is -3.23. The topological polar surface area (TPSA) is 229 Å². The summed E-state index contributed by atoms with van der Waals surface area (Å²) in [6.07, 6.45) is 3.10. The molecule has 18 heteroatoms. The van der Waals surface area contributed by atoms with Gasteiger partial charge in [-0.25, -0.2) is 38.4 Å². The number of rotatable bonds is 25. The summed E-state index contributed by atoms with van der Waals surface area (Å²) >= 11 is 0. The van der Waals surface area contributed by atoms with Gasteiger partial charge in [-0.1, -0.05) is 73.8 Å². The number of esters is 8. The molecule has 0 aliphatic heterocycles. The van der Waals surface area contributed by atoms with Crippen LogP contribution in [-0.4, -0.2) is 74.2 Å². The van der Waals surface area contributed by atoms with Crippen LogP contribution in [0.2, 0.25) is 0 Å². The predicted octanol–water partition coefficient (Wildman–Crippen LogP) is 14.0. The van der Waals surface area contributed by atoms with E-state index in [1.54, 1.807) is 60.7 Å². The Labute approximate surface area is 526 Å². The van der Waals surface area contributed by atoms with E-state index in [1.165, 1.54) is 97.1 Å². The molecule has 0 aromatic heterocycles. The van der Waals surface area contributed by atoms with Crippen molar-refractivity contribution in [2.45, 2.75) is 12.8 Å². The second-order valence-electron chi connectivity index (χ2n) is 20.0. The molecular formula is C74H54O18. The lowest BCUT2D eigenvalue weighted by Crippen LogP contribution is -2.12. The Balaban J connectivity index is 0.756. The maximum absolute atomic E-state index is 14.1. The van der Waals surface area contributed by atoms with E-state index in [0.717, 1.165) is 22.9 Å². The van der Waals surface area contributed by atoms with Crippen molar-refractivity contribution in [2.24, 2.45) is 0 Å². The van der Waals surface area contributed by atoms with Gasteiger partial charge < -0.3 is 47.4 Å². The lowest BCUT2D eigenvalue weighted by molar-refractivity contribution is -0.138. The molecule has 0 atom stereocenters. The van der Waals surface area contributed by atoms with Crippen molar-refractivity contribution in [3.63, 3.8) is 0 Å². The Bertz CT molecular complexity index is 4100. The molecule has 0 aliphatic carbocycles. The van der Waals surface area contributed by atoms with Crippen molar-refractivity contribution in [1.29, 1.82) is 0 Å². The lowest BCUT2D eigenvalue weighted by Gasteiger charge is -2.19. The summed E-state index contributed by atoms with van der Waals surface area (Å²) < 4.78 is 55.7. The number of benzene rings is 10. The molecule has 0 aliphatic rings. The summed E-state index contributed by atoms with van der Waals surface area (Å²) in [4.78, 5) is 103. The summed E-state index contributed by atoms with van der Waals surface area (Å²) in [7, 11) is 0. The first-order valence-electron chi connectivity index (χ1n) is 28.6. The van der Waals surface area contributed by atoms with Crippen LogP contribution in [0.5, 0.6) is 46.0 Å². The van der Waals surface area contributed by atoms with Gasteiger partial charge in [0, 0.05) is 36.1 Å². The minimum atomic E-state index is -0.737. The van der Waals surface area contributed by atoms with Crippen molar-refractivity contribution >= 4 is 69.3 Å². The molecule has 0 fully saturated rings. The van der Waals surface area contributed by atoms with Crippen molar-refractivity contribution < 1.29 is 85.7 Å². The van der Waals surface area contributed by atoms with Crippen LogP contribution in [0.15, 0.2) is 244 Å². The van der Waals surface area contributed by atoms with Gasteiger partial charge in [-0.3, -0.25) is 0 Å². The van der Waals surface area contributed by atoms with Crippen LogP contribution < -0.4 is 37.9 Å². The zero-order chi connectivity index (χ0) is 64.3. The van der Waals surface area contributed by atoms with Gasteiger partial charge in [-0.15, -0.1) is 0 Å². The lowest BCUT2D eigenvalue weighted by atomic mass is 9.92. The van der Waals surface area contributed by atoms with Crippen LogP contribution >= 0.6 is 0 Å². The molecule has 10 aromatic rings. The highest BCUT2D eigenvalue weighted by molar-refractivity contribution is 6.11. The smallest absolute Gasteiger partial charge is 0.343 e. The van der Waals surface area contributed by atoms with Gasteiger partial charge in [0.1, 0.15) is 46.0 Å². The number of fused-ring (bicyclic) bond motifs is 2. The first kappa shape index (κ1) is 62.6. The van der Waals surface area contributed by atoms with E-state index in [1.807, 2.05) is 60.7 Å². The SMILES string of the molecule is C=CC(=O)OCCCOc1ccc(C(=O)Oc2ccc(C(=O)Oc3ccc(C(=O)Oc4ccc5ccccc5c4-c4c(OC(=O)c5ccc(OC(=O)c6ccc(OC(=O)c7ccc(OCCCOC(=O)C=C)cc7)cc6)cc5)ccc5ccccc45)cc3)cc2)cc1. The molecule has 10 aromatic carbocycles. The number of hydrogen-bond donors (Lipinski definition) is 0. The van der Waals surface area contributed by atoms with Gasteiger partial charge >= 0.3 is 47.8 Å². The van der Waals surface area contributed by atoms with E-state index < -0.39 is 47.8 Å². The minimum absolute atomic E-state index is 0.128. The molecule has 10 rings (SSSR count). The van der Waals surface area contributed by atoms with Gasteiger partial charge in [-0.2, -0.15) is 0 Å². The molecule has 458 valence electrons. The molecule has 0 unspecified atom stereocenters. The van der Waals surface area contributed by atoms with Crippen molar-refractivity contribution in [2.75, 3.05) is 26.4 Å². The zero-order valence-corrected chi connectivity index (χ0v) is 48.9. The molecule has 0 saturated carbocycles. The molecule has 0 saturated heterocycles. The largest absolute Gasteiger partial charge is 0.493 e. The number of carbonyl (C=O) groups is 8. The number of hydrogen-bond acceptors (Lipinski definition) is 18. The van der Waals surface area contributed by atoms with Crippen LogP contribution in [0, 0.1) is 0 Å². The summed E-state index contributed by atoms with van der Waals surface area (Å²) in [5.41, 5.74) is 2.02. The van der Waals surface area contributed by atoms with Gasteiger partial charge in [0.25, 0.3) is 0 Å². The zero-order valence-electron chi connectivity index (χ0n) is 48.9. The third kappa shape index (κ3) is 16.2. The molecule has 0 radical (unpaired) electrons. The molecule has 92 heavy (non-hydrogen) atoms. The van der Waals surface area contributed by atoms with Crippen molar-refractivity contribution in [1.82, 2.24) is 0 Å². The van der Waals surface area contributed by atoms with E-state index in [-0.39, 0.29) is 94.3 Å². The molecular weight excluding hydrogens is 1180 g/mol. The van der Waals surface area contributed by atoms with E-state index in [0.29, 0.717) is 46.2 Å². The Morgan fingerprint density at radius 3 is 0.826 bits per heavy atom. The summed E-state index contributed by atoms with van der Waals surface area (Å²) in [6, 6.07) is 57.7. The van der Waals surface area contributed by atoms with Gasteiger partial charge in [0.2, 0.25) is 0 Å². The monoisotopic (exact) mass is 1230 g/mol. The second-order valence-corrected chi connectivity index (χ2v) is 20.0. The summed E-state index contributed by atoms with van der Waals surface area (Å²) in [5, 5.41) is 2.98.